The van der Waals surface area contributed by atoms with Gasteiger partial charge >= 0.3 is 0 Å². The Balaban J connectivity index is 0. The fourth-order valence-electron chi connectivity index (χ4n) is 2.47. The predicted molar refractivity (Wildman–Crippen MR) is 112 cm³/mol. The number of hydrogen-bond acceptors (Lipinski definition) is 5. The first-order chi connectivity index (χ1) is 11.1. The van der Waals surface area contributed by atoms with Crippen molar-refractivity contribution in [3.05, 3.63) is 29.8 Å². The van der Waals surface area contributed by atoms with E-state index >= 15 is 0 Å². The predicted octanol–water partition coefficient (Wildman–Crippen LogP) is 0.713. The molecule has 4 N–H and O–H groups in total. The van der Waals surface area contributed by atoms with E-state index < -0.39 is 0 Å². The molecule has 0 atom stereocenters. The molecule has 26 heavy (non-hydrogen) atoms. The number of hydrogen-bond donors (Lipinski definition) is 3. The highest BCUT2D eigenvalue weighted by Crippen LogP contribution is 2.13. The van der Waals surface area contributed by atoms with Gasteiger partial charge in [-0.15, -0.1) is 37.2 Å². The highest BCUT2D eigenvalue weighted by Gasteiger charge is 2.14. The van der Waals surface area contributed by atoms with Gasteiger partial charge in [0.1, 0.15) is 0 Å². The van der Waals surface area contributed by atoms with E-state index in [4.69, 9.17) is 5.73 Å². The molecule has 0 saturated carbocycles. The first kappa shape index (κ1) is 27.1. The van der Waals surface area contributed by atoms with Crippen LogP contribution in [0.3, 0.4) is 0 Å². The van der Waals surface area contributed by atoms with Gasteiger partial charge in [0.15, 0.2) is 0 Å². The van der Waals surface area contributed by atoms with E-state index in [-0.39, 0.29) is 62.1 Å². The molecule has 1 aliphatic rings. The Hall–Kier alpha value is -1.09. The molecule has 1 saturated heterocycles. The molecular formula is C16H28Cl3N5O2. The Morgan fingerprint density at radius 1 is 1.08 bits per heavy atom. The fourth-order valence-corrected chi connectivity index (χ4v) is 2.47. The first-order valence-electron chi connectivity index (χ1n) is 7.83. The maximum atomic E-state index is 11.8. The Kier molecular flexibility index (Phi) is 14.6. The summed E-state index contributed by atoms with van der Waals surface area (Å²) in [5.41, 5.74) is 7.08. The Morgan fingerprint density at radius 2 is 1.73 bits per heavy atom. The Bertz CT molecular complexity index is 554. The summed E-state index contributed by atoms with van der Waals surface area (Å²) < 4.78 is 0. The minimum atomic E-state index is -0.344. The summed E-state index contributed by atoms with van der Waals surface area (Å²) in [6.45, 7) is 4.96. The zero-order chi connectivity index (χ0) is 16.7. The van der Waals surface area contributed by atoms with Crippen molar-refractivity contribution >= 4 is 54.7 Å². The smallest absolute Gasteiger partial charge is 0.243 e. The molecule has 0 bridgehead atoms. The summed E-state index contributed by atoms with van der Waals surface area (Å²) in [5.74, 6) is -0.604. The third kappa shape index (κ3) is 9.56. The van der Waals surface area contributed by atoms with Crippen LogP contribution < -0.4 is 16.4 Å². The van der Waals surface area contributed by atoms with E-state index in [0.717, 1.165) is 38.4 Å². The van der Waals surface area contributed by atoms with Crippen LogP contribution in [0.5, 0.6) is 0 Å². The molecule has 0 unspecified atom stereocenters. The van der Waals surface area contributed by atoms with Crippen LogP contribution in [0.25, 0.3) is 0 Å². The lowest BCUT2D eigenvalue weighted by atomic mass is 10.1. The molecule has 7 nitrogen and oxygen atoms in total. The maximum Gasteiger partial charge on any atom is 0.243 e. The first-order valence-corrected chi connectivity index (χ1v) is 7.83. The standard InChI is InChI=1S/C16H25N5O2.3ClH/c1-20-5-7-21(8-6-20)12-13-3-2-4-14(9-13)19-16(23)11-18-15(22)10-17;;;/h2-4,9H,5-8,10-12,17H2,1H3,(H,18,22)(H,19,23);3*1H. The van der Waals surface area contributed by atoms with Crippen molar-refractivity contribution in [2.75, 3.05) is 51.6 Å². The van der Waals surface area contributed by atoms with E-state index in [1.165, 1.54) is 5.56 Å². The number of anilines is 1. The third-order valence-electron chi connectivity index (χ3n) is 3.84. The van der Waals surface area contributed by atoms with E-state index in [0.29, 0.717) is 0 Å². The van der Waals surface area contributed by atoms with Gasteiger partial charge in [0, 0.05) is 38.4 Å². The van der Waals surface area contributed by atoms with Crippen LogP contribution in [0.1, 0.15) is 5.56 Å². The molecule has 0 radical (unpaired) electrons. The van der Waals surface area contributed by atoms with Crippen LogP contribution in [0.2, 0.25) is 0 Å². The number of benzene rings is 1. The van der Waals surface area contributed by atoms with Crippen molar-refractivity contribution in [1.82, 2.24) is 15.1 Å². The van der Waals surface area contributed by atoms with E-state index in [1.807, 2.05) is 18.2 Å². The maximum absolute atomic E-state index is 11.8. The van der Waals surface area contributed by atoms with Gasteiger partial charge in [-0.1, -0.05) is 12.1 Å². The van der Waals surface area contributed by atoms with Crippen molar-refractivity contribution in [3.8, 4) is 0 Å². The lowest BCUT2D eigenvalue weighted by Gasteiger charge is -2.32. The van der Waals surface area contributed by atoms with Gasteiger partial charge in [-0.05, 0) is 24.7 Å². The number of piperazine rings is 1. The number of rotatable bonds is 6. The minimum absolute atomic E-state index is 0. The monoisotopic (exact) mass is 427 g/mol. The number of nitrogens with two attached hydrogens (primary N) is 1. The van der Waals surface area contributed by atoms with Crippen molar-refractivity contribution in [3.63, 3.8) is 0 Å². The molecule has 0 aliphatic carbocycles. The van der Waals surface area contributed by atoms with Crippen LogP contribution in [-0.4, -0.2) is 67.9 Å². The summed E-state index contributed by atoms with van der Waals surface area (Å²) >= 11 is 0. The number of carbonyl (C=O) groups excluding carboxylic acids is 2. The van der Waals surface area contributed by atoms with Crippen LogP contribution in [0, 0.1) is 0 Å². The SMILES string of the molecule is CN1CCN(Cc2cccc(NC(=O)CNC(=O)CN)c2)CC1.Cl.Cl.Cl. The summed E-state index contributed by atoms with van der Waals surface area (Å²) in [6.07, 6.45) is 0. The number of nitrogens with zero attached hydrogens (tertiary/aromatic N) is 2. The van der Waals surface area contributed by atoms with Gasteiger partial charge in [0.25, 0.3) is 0 Å². The second-order valence-electron chi connectivity index (χ2n) is 5.81. The third-order valence-corrected chi connectivity index (χ3v) is 3.84. The zero-order valence-corrected chi connectivity index (χ0v) is 17.2. The van der Waals surface area contributed by atoms with Crippen molar-refractivity contribution < 1.29 is 9.59 Å². The number of carbonyl (C=O) groups is 2. The molecule has 1 aromatic rings. The van der Waals surface area contributed by atoms with Gasteiger partial charge in [0.05, 0.1) is 13.1 Å². The van der Waals surface area contributed by atoms with Crippen molar-refractivity contribution in [1.29, 1.82) is 0 Å². The van der Waals surface area contributed by atoms with Gasteiger partial charge in [-0.2, -0.15) is 0 Å². The Labute approximate surface area is 173 Å². The van der Waals surface area contributed by atoms with Gasteiger partial charge in [-0.25, -0.2) is 0 Å². The number of likely N-dealkylation sites (N-methyl/N-ethyl adjacent to an activating group) is 1. The van der Waals surface area contributed by atoms with Crippen LogP contribution in [-0.2, 0) is 16.1 Å². The molecule has 150 valence electrons. The molecule has 1 aliphatic heterocycles. The molecule has 2 rings (SSSR count). The second kappa shape index (κ2) is 14.0. The number of amides is 2. The van der Waals surface area contributed by atoms with Crippen molar-refractivity contribution in [2.24, 2.45) is 5.73 Å². The van der Waals surface area contributed by atoms with Crippen LogP contribution >= 0.6 is 37.2 Å². The molecule has 1 heterocycles. The van der Waals surface area contributed by atoms with E-state index in [9.17, 15) is 9.59 Å². The quantitative estimate of drug-likeness (QED) is 0.621. The number of nitrogens with one attached hydrogen (secondary N) is 2. The van der Waals surface area contributed by atoms with Gasteiger partial charge in [0.2, 0.25) is 11.8 Å². The minimum Gasteiger partial charge on any atom is -0.346 e. The van der Waals surface area contributed by atoms with Crippen LogP contribution in [0.4, 0.5) is 5.69 Å². The van der Waals surface area contributed by atoms with E-state index in [1.54, 1.807) is 0 Å². The average Bonchev–Trinajstić information content (AvgIpc) is 2.55. The largest absolute Gasteiger partial charge is 0.346 e. The van der Waals surface area contributed by atoms with Crippen LogP contribution in [0.15, 0.2) is 24.3 Å². The summed E-state index contributed by atoms with van der Waals surface area (Å²) in [6, 6.07) is 7.81. The normalized spacial score (nSPS) is 14.2. The molecule has 1 aromatic carbocycles. The molecular weight excluding hydrogens is 401 g/mol. The molecule has 0 aromatic heterocycles. The average molecular weight is 429 g/mol. The summed E-state index contributed by atoms with van der Waals surface area (Å²) in [4.78, 5) is 27.6. The second-order valence-corrected chi connectivity index (χ2v) is 5.81. The fraction of sp³-hybridized carbons (Fsp3) is 0.500. The Morgan fingerprint density at radius 3 is 2.35 bits per heavy atom. The highest BCUT2D eigenvalue weighted by molar-refractivity contribution is 5.94. The lowest BCUT2D eigenvalue weighted by Crippen LogP contribution is -2.43. The molecule has 0 spiro atoms. The van der Waals surface area contributed by atoms with Gasteiger partial charge < -0.3 is 21.3 Å². The molecule has 10 heteroatoms. The highest BCUT2D eigenvalue weighted by atomic mass is 35.5. The topological polar surface area (TPSA) is 90.7 Å². The summed E-state index contributed by atoms with van der Waals surface area (Å²) in [7, 11) is 2.14. The molecule has 2 amide bonds. The summed E-state index contributed by atoms with van der Waals surface area (Å²) in [5, 5.41) is 5.23. The number of halogens is 3. The van der Waals surface area contributed by atoms with E-state index in [2.05, 4.69) is 33.5 Å². The lowest BCUT2D eigenvalue weighted by molar-refractivity contribution is -0.123. The van der Waals surface area contributed by atoms with Crippen molar-refractivity contribution in [2.45, 2.75) is 6.54 Å². The zero-order valence-electron chi connectivity index (χ0n) is 14.8. The molecule has 1 fully saturated rings. The van der Waals surface area contributed by atoms with Gasteiger partial charge in [-0.3, -0.25) is 14.5 Å².